The lowest BCUT2D eigenvalue weighted by Crippen LogP contribution is -2.30. The summed E-state index contributed by atoms with van der Waals surface area (Å²) in [6, 6.07) is 8.97. The Kier molecular flexibility index (Phi) is 3.83. The SMILES string of the molecule is O=[N+]([O-])c1ccc2c(c1)CN(Cc1nnc(-c3cccs3)o1)CC2. The average molecular weight is 342 g/mol. The predicted octanol–water partition coefficient (Wildman–Crippen LogP) is 3.26. The van der Waals surface area contributed by atoms with Gasteiger partial charge in [-0.3, -0.25) is 15.0 Å². The van der Waals surface area contributed by atoms with E-state index in [0.717, 1.165) is 23.4 Å². The third-order valence-electron chi connectivity index (χ3n) is 4.05. The zero-order chi connectivity index (χ0) is 16.5. The van der Waals surface area contributed by atoms with Crippen LogP contribution in [-0.2, 0) is 19.5 Å². The molecule has 1 aliphatic rings. The number of benzene rings is 1. The third-order valence-corrected chi connectivity index (χ3v) is 4.91. The van der Waals surface area contributed by atoms with Crippen molar-refractivity contribution in [3.63, 3.8) is 0 Å². The molecule has 0 bridgehead atoms. The first-order valence-corrected chi connectivity index (χ1v) is 8.42. The Hall–Kier alpha value is -2.58. The summed E-state index contributed by atoms with van der Waals surface area (Å²) in [6.07, 6.45) is 0.860. The van der Waals surface area contributed by atoms with Crippen LogP contribution in [0.2, 0.25) is 0 Å². The van der Waals surface area contributed by atoms with E-state index < -0.39 is 0 Å². The molecule has 3 heterocycles. The van der Waals surface area contributed by atoms with Crippen molar-refractivity contribution >= 4 is 17.0 Å². The second-order valence-corrected chi connectivity index (χ2v) is 6.60. The molecule has 0 aliphatic carbocycles. The molecule has 122 valence electrons. The summed E-state index contributed by atoms with van der Waals surface area (Å²) in [5.41, 5.74) is 2.29. The molecule has 24 heavy (non-hydrogen) atoms. The highest BCUT2D eigenvalue weighted by Gasteiger charge is 2.21. The largest absolute Gasteiger partial charge is 0.419 e. The first kappa shape index (κ1) is 15.0. The van der Waals surface area contributed by atoms with Crippen LogP contribution < -0.4 is 0 Å². The summed E-state index contributed by atoms with van der Waals surface area (Å²) < 4.78 is 5.72. The maximum absolute atomic E-state index is 10.9. The van der Waals surface area contributed by atoms with E-state index in [0.29, 0.717) is 24.9 Å². The first-order chi connectivity index (χ1) is 11.7. The summed E-state index contributed by atoms with van der Waals surface area (Å²) in [7, 11) is 0. The van der Waals surface area contributed by atoms with E-state index in [4.69, 9.17) is 4.42 Å². The van der Waals surface area contributed by atoms with Gasteiger partial charge in [-0.1, -0.05) is 12.1 Å². The van der Waals surface area contributed by atoms with E-state index in [1.54, 1.807) is 23.5 Å². The van der Waals surface area contributed by atoms with Gasteiger partial charge in [-0.05, 0) is 29.0 Å². The van der Waals surface area contributed by atoms with Gasteiger partial charge in [0.15, 0.2) is 0 Å². The van der Waals surface area contributed by atoms with Gasteiger partial charge >= 0.3 is 0 Å². The van der Waals surface area contributed by atoms with E-state index in [9.17, 15) is 10.1 Å². The first-order valence-electron chi connectivity index (χ1n) is 7.54. The highest BCUT2D eigenvalue weighted by Crippen LogP contribution is 2.26. The summed E-state index contributed by atoms with van der Waals surface area (Å²) in [5.74, 6) is 1.10. The van der Waals surface area contributed by atoms with Crippen LogP contribution in [0.25, 0.3) is 10.8 Å². The zero-order valence-corrected chi connectivity index (χ0v) is 13.5. The van der Waals surface area contributed by atoms with Crippen molar-refractivity contribution < 1.29 is 9.34 Å². The Morgan fingerprint density at radius 1 is 1.29 bits per heavy atom. The molecule has 8 heteroatoms. The number of nitro groups is 1. The standard InChI is InChI=1S/C16H14N4O3S/c21-20(22)13-4-3-11-5-6-19(9-12(11)8-13)10-15-17-18-16(23-15)14-2-1-7-24-14/h1-4,7-8H,5-6,9-10H2. The number of non-ortho nitro benzene ring substituents is 1. The molecular formula is C16H14N4O3S. The summed E-state index contributed by atoms with van der Waals surface area (Å²) >= 11 is 1.56. The average Bonchev–Trinajstić information content (AvgIpc) is 3.25. The highest BCUT2D eigenvalue weighted by atomic mass is 32.1. The maximum atomic E-state index is 10.9. The van der Waals surface area contributed by atoms with Crippen LogP contribution in [-0.4, -0.2) is 26.6 Å². The topological polar surface area (TPSA) is 85.3 Å². The van der Waals surface area contributed by atoms with Gasteiger partial charge < -0.3 is 4.42 Å². The molecule has 4 rings (SSSR count). The van der Waals surface area contributed by atoms with Crippen molar-refractivity contribution in [2.75, 3.05) is 6.54 Å². The molecule has 1 aromatic carbocycles. The number of thiophene rings is 1. The van der Waals surface area contributed by atoms with Crippen LogP contribution in [0.4, 0.5) is 5.69 Å². The lowest BCUT2D eigenvalue weighted by atomic mass is 9.99. The van der Waals surface area contributed by atoms with Gasteiger partial charge in [-0.2, -0.15) is 0 Å². The lowest BCUT2D eigenvalue weighted by Gasteiger charge is -2.27. The van der Waals surface area contributed by atoms with Gasteiger partial charge in [0.05, 0.1) is 16.3 Å². The van der Waals surface area contributed by atoms with Gasteiger partial charge in [0.1, 0.15) is 0 Å². The normalized spacial score (nSPS) is 14.5. The van der Waals surface area contributed by atoms with Crippen LogP contribution in [0.5, 0.6) is 0 Å². The minimum atomic E-state index is -0.357. The second-order valence-electron chi connectivity index (χ2n) is 5.65. The molecule has 0 saturated carbocycles. The highest BCUT2D eigenvalue weighted by molar-refractivity contribution is 7.13. The molecule has 0 amide bonds. The quantitative estimate of drug-likeness (QED) is 0.534. The number of rotatable bonds is 4. The van der Waals surface area contributed by atoms with Crippen molar-refractivity contribution in [1.82, 2.24) is 15.1 Å². The van der Waals surface area contributed by atoms with Crippen LogP contribution in [0, 0.1) is 10.1 Å². The van der Waals surface area contributed by atoms with E-state index in [2.05, 4.69) is 15.1 Å². The van der Waals surface area contributed by atoms with Crippen molar-refractivity contribution in [2.24, 2.45) is 0 Å². The summed E-state index contributed by atoms with van der Waals surface area (Å²) in [5, 5.41) is 21.1. The summed E-state index contributed by atoms with van der Waals surface area (Å²) in [6.45, 7) is 2.05. The van der Waals surface area contributed by atoms with Crippen LogP contribution in [0.3, 0.4) is 0 Å². The van der Waals surface area contributed by atoms with Gasteiger partial charge in [0.25, 0.3) is 11.6 Å². The number of hydrogen-bond acceptors (Lipinski definition) is 7. The third kappa shape index (κ3) is 2.93. The molecule has 1 aliphatic heterocycles. The van der Waals surface area contributed by atoms with Gasteiger partial charge in [-0.25, -0.2) is 0 Å². The Bertz CT molecular complexity index is 875. The molecule has 0 fully saturated rings. The van der Waals surface area contributed by atoms with E-state index in [-0.39, 0.29) is 10.6 Å². The van der Waals surface area contributed by atoms with E-state index >= 15 is 0 Å². The molecular weight excluding hydrogens is 328 g/mol. The number of fused-ring (bicyclic) bond motifs is 1. The van der Waals surface area contributed by atoms with Crippen LogP contribution in [0.1, 0.15) is 17.0 Å². The molecule has 7 nitrogen and oxygen atoms in total. The van der Waals surface area contributed by atoms with Crippen LogP contribution >= 0.6 is 11.3 Å². The monoisotopic (exact) mass is 342 g/mol. The Morgan fingerprint density at radius 2 is 2.21 bits per heavy atom. The molecule has 0 N–H and O–H groups in total. The molecule has 0 spiro atoms. The minimum absolute atomic E-state index is 0.133. The molecule has 0 atom stereocenters. The van der Waals surface area contributed by atoms with Gasteiger partial charge in [0, 0.05) is 25.2 Å². The number of hydrogen-bond donors (Lipinski definition) is 0. The van der Waals surface area contributed by atoms with Gasteiger partial charge in [-0.15, -0.1) is 21.5 Å². The zero-order valence-electron chi connectivity index (χ0n) is 12.7. The van der Waals surface area contributed by atoms with Gasteiger partial charge in [0.2, 0.25) is 5.89 Å². The Labute approximate surface area is 141 Å². The Balaban J connectivity index is 1.49. The van der Waals surface area contributed by atoms with Crippen LogP contribution in [0.15, 0.2) is 40.1 Å². The van der Waals surface area contributed by atoms with Crippen molar-refractivity contribution in [3.05, 3.63) is 62.8 Å². The summed E-state index contributed by atoms with van der Waals surface area (Å²) in [4.78, 5) is 13.7. The fourth-order valence-corrected chi connectivity index (χ4v) is 3.50. The molecule has 2 aromatic heterocycles. The van der Waals surface area contributed by atoms with E-state index in [1.807, 2.05) is 23.6 Å². The number of nitro benzene ring substituents is 1. The van der Waals surface area contributed by atoms with Crippen molar-refractivity contribution in [3.8, 4) is 10.8 Å². The Morgan fingerprint density at radius 3 is 3.00 bits per heavy atom. The molecule has 3 aromatic rings. The lowest BCUT2D eigenvalue weighted by molar-refractivity contribution is -0.385. The number of aromatic nitrogens is 2. The van der Waals surface area contributed by atoms with E-state index in [1.165, 1.54) is 5.56 Å². The van der Waals surface area contributed by atoms with Crippen molar-refractivity contribution in [2.45, 2.75) is 19.5 Å². The minimum Gasteiger partial charge on any atom is -0.419 e. The fourth-order valence-electron chi connectivity index (χ4n) is 2.86. The molecule has 0 unspecified atom stereocenters. The fraction of sp³-hybridized carbons (Fsp3) is 0.250. The second kappa shape index (κ2) is 6.14. The molecule has 0 radical (unpaired) electrons. The smallest absolute Gasteiger partial charge is 0.269 e. The molecule has 0 saturated heterocycles. The number of nitrogens with zero attached hydrogens (tertiary/aromatic N) is 4. The van der Waals surface area contributed by atoms with Crippen molar-refractivity contribution in [1.29, 1.82) is 0 Å². The predicted molar refractivity (Wildman–Crippen MR) is 88.5 cm³/mol. The maximum Gasteiger partial charge on any atom is 0.269 e.